The first-order chi connectivity index (χ1) is 8.87. The molecule has 0 aliphatic carbocycles. The molecule has 2 N–H and O–H groups in total. The van der Waals surface area contributed by atoms with E-state index in [-0.39, 0.29) is 18.6 Å². The Morgan fingerprint density at radius 2 is 2.16 bits per heavy atom. The van der Waals surface area contributed by atoms with Crippen molar-refractivity contribution in [2.75, 3.05) is 6.61 Å². The lowest BCUT2D eigenvalue weighted by molar-refractivity contribution is -0.126. The number of aliphatic hydroxyl groups excluding tert-OH is 1. The van der Waals surface area contributed by atoms with Gasteiger partial charge in [-0.15, -0.1) is 0 Å². The number of halogens is 1. The molecule has 1 atom stereocenters. The molecular weight excluding hydrogens is 306 g/mol. The van der Waals surface area contributed by atoms with Crippen LogP contribution in [0, 0.1) is 0 Å². The fourth-order valence-corrected chi connectivity index (χ4v) is 2.28. The molecule has 1 aromatic rings. The van der Waals surface area contributed by atoms with Gasteiger partial charge in [0.2, 0.25) is 5.91 Å². The summed E-state index contributed by atoms with van der Waals surface area (Å²) in [7, 11) is 0. The van der Waals surface area contributed by atoms with E-state index in [9.17, 15) is 4.79 Å². The number of amides is 1. The third kappa shape index (κ3) is 4.62. The van der Waals surface area contributed by atoms with Crippen molar-refractivity contribution in [1.82, 2.24) is 5.32 Å². The highest BCUT2D eigenvalue weighted by Crippen LogP contribution is 2.26. The lowest BCUT2D eigenvalue weighted by atomic mass is 9.83. The van der Waals surface area contributed by atoms with Crippen LogP contribution in [0.3, 0.4) is 0 Å². The van der Waals surface area contributed by atoms with Crippen molar-refractivity contribution in [3.05, 3.63) is 34.3 Å². The van der Waals surface area contributed by atoms with Crippen LogP contribution in [0.15, 0.2) is 28.7 Å². The molecule has 0 heterocycles. The molecule has 1 aromatic carbocycles. The lowest BCUT2D eigenvalue weighted by Gasteiger charge is -2.26. The molecule has 0 aliphatic rings. The van der Waals surface area contributed by atoms with Gasteiger partial charge in [0.15, 0.2) is 0 Å². The van der Waals surface area contributed by atoms with Gasteiger partial charge in [0, 0.05) is 17.1 Å². The topological polar surface area (TPSA) is 49.3 Å². The van der Waals surface area contributed by atoms with Crippen molar-refractivity contribution < 1.29 is 9.90 Å². The summed E-state index contributed by atoms with van der Waals surface area (Å²) in [6, 6.07) is 7.89. The summed E-state index contributed by atoms with van der Waals surface area (Å²) in [4.78, 5) is 12.4. The molecule has 0 aromatic heterocycles. The number of nitrogens with one attached hydrogen (secondary N) is 1. The smallest absolute Gasteiger partial charge is 0.230 e. The van der Waals surface area contributed by atoms with Gasteiger partial charge < -0.3 is 10.4 Å². The standard InChI is InChI=1S/C15H22BrNO2/c1-11(6-5-9-18)17-14(19)15(2,3)12-7-4-8-13(16)10-12/h4,7-8,10-11,18H,5-6,9H2,1-3H3,(H,17,19). The molecule has 1 unspecified atom stereocenters. The zero-order valence-corrected chi connectivity index (χ0v) is 13.3. The molecule has 1 rings (SSSR count). The minimum atomic E-state index is -0.572. The monoisotopic (exact) mass is 327 g/mol. The third-order valence-electron chi connectivity index (χ3n) is 3.29. The van der Waals surface area contributed by atoms with Gasteiger partial charge in [-0.05, 0) is 51.3 Å². The van der Waals surface area contributed by atoms with E-state index in [4.69, 9.17) is 5.11 Å². The number of hydrogen-bond donors (Lipinski definition) is 2. The average molecular weight is 328 g/mol. The molecule has 3 nitrogen and oxygen atoms in total. The van der Waals surface area contributed by atoms with E-state index < -0.39 is 5.41 Å². The Morgan fingerprint density at radius 3 is 2.74 bits per heavy atom. The van der Waals surface area contributed by atoms with E-state index in [1.807, 2.05) is 45.0 Å². The summed E-state index contributed by atoms with van der Waals surface area (Å²) in [6.07, 6.45) is 1.50. The summed E-state index contributed by atoms with van der Waals surface area (Å²) >= 11 is 3.43. The van der Waals surface area contributed by atoms with E-state index in [0.29, 0.717) is 6.42 Å². The van der Waals surface area contributed by atoms with E-state index in [0.717, 1.165) is 16.5 Å². The van der Waals surface area contributed by atoms with Crippen molar-refractivity contribution in [2.24, 2.45) is 0 Å². The molecule has 106 valence electrons. The molecule has 0 radical (unpaired) electrons. The summed E-state index contributed by atoms with van der Waals surface area (Å²) < 4.78 is 0.971. The number of aliphatic hydroxyl groups is 1. The molecule has 0 aliphatic heterocycles. The number of hydrogen-bond acceptors (Lipinski definition) is 2. The highest BCUT2D eigenvalue weighted by atomic mass is 79.9. The first-order valence-electron chi connectivity index (χ1n) is 6.55. The molecule has 0 saturated carbocycles. The summed E-state index contributed by atoms with van der Waals surface area (Å²) in [6.45, 7) is 5.96. The maximum atomic E-state index is 12.4. The molecule has 0 saturated heterocycles. The van der Waals surface area contributed by atoms with Gasteiger partial charge in [0.25, 0.3) is 0 Å². The van der Waals surface area contributed by atoms with Gasteiger partial charge in [0.1, 0.15) is 0 Å². The maximum absolute atomic E-state index is 12.4. The minimum Gasteiger partial charge on any atom is -0.396 e. The Hall–Kier alpha value is -0.870. The van der Waals surface area contributed by atoms with E-state index in [2.05, 4.69) is 21.2 Å². The van der Waals surface area contributed by atoms with E-state index in [1.54, 1.807) is 0 Å². The van der Waals surface area contributed by atoms with Crippen LogP contribution in [-0.4, -0.2) is 23.7 Å². The zero-order valence-electron chi connectivity index (χ0n) is 11.7. The van der Waals surface area contributed by atoms with E-state index in [1.165, 1.54) is 0 Å². The van der Waals surface area contributed by atoms with Gasteiger partial charge in [-0.2, -0.15) is 0 Å². The van der Waals surface area contributed by atoms with Crippen LogP contribution >= 0.6 is 15.9 Å². The number of benzene rings is 1. The van der Waals surface area contributed by atoms with Crippen LogP contribution in [0.2, 0.25) is 0 Å². The first kappa shape index (κ1) is 16.2. The normalized spacial score (nSPS) is 13.1. The van der Waals surface area contributed by atoms with Crippen LogP contribution in [0.4, 0.5) is 0 Å². The summed E-state index contributed by atoms with van der Waals surface area (Å²) in [5.41, 5.74) is 0.408. The van der Waals surface area contributed by atoms with Crippen LogP contribution in [0.5, 0.6) is 0 Å². The highest BCUT2D eigenvalue weighted by Gasteiger charge is 2.30. The Labute approximate surface area is 123 Å². The fourth-order valence-electron chi connectivity index (χ4n) is 1.88. The Balaban J connectivity index is 2.74. The van der Waals surface area contributed by atoms with Crippen LogP contribution in [-0.2, 0) is 10.2 Å². The van der Waals surface area contributed by atoms with E-state index >= 15 is 0 Å². The first-order valence-corrected chi connectivity index (χ1v) is 7.35. The highest BCUT2D eigenvalue weighted by molar-refractivity contribution is 9.10. The minimum absolute atomic E-state index is 0.0102. The van der Waals surface area contributed by atoms with Crippen molar-refractivity contribution in [2.45, 2.75) is 45.1 Å². The lowest BCUT2D eigenvalue weighted by Crippen LogP contribution is -2.44. The SMILES string of the molecule is CC(CCCO)NC(=O)C(C)(C)c1cccc(Br)c1. The molecule has 0 spiro atoms. The second kappa shape index (κ2) is 7.06. The second-order valence-electron chi connectivity index (χ2n) is 5.38. The molecule has 4 heteroatoms. The van der Waals surface area contributed by atoms with Crippen LogP contribution < -0.4 is 5.32 Å². The van der Waals surface area contributed by atoms with Crippen LogP contribution in [0.1, 0.15) is 39.2 Å². The van der Waals surface area contributed by atoms with Gasteiger partial charge in [0.05, 0.1) is 5.41 Å². The molecule has 0 bridgehead atoms. The van der Waals surface area contributed by atoms with Gasteiger partial charge in [-0.25, -0.2) is 0 Å². The quantitative estimate of drug-likeness (QED) is 0.843. The van der Waals surface area contributed by atoms with Crippen molar-refractivity contribution in [3.63, 3.8) is 0 Å². The zero-order chi connectivity index (χ0) is 14.5. The predicted molar refractivity (Wildman–Crippen MR) is 81.1 cm³/mol. The molecule has 1 amide bonds. The molecule has 19 heavy (non-hydrogen) atoms. The van der Waals surface area contributed by atoms with Crippen molar-refractivity contribution >= 4 is 21.8 Å². The predicted octanol–water partition coefficient (Wildman–Crippen LogP) is 3.00. The largest absolute Gasteiger partial charge is 0.396 e. The molecule has 0 fully saturated rings. The average Bonchev–Trinajstić information content (AvgIpc) is 2.36. The number of carbonyl (C=O) groups is 1. The Morgan fingerprint density at radius 1 is 1.47 bits per heavy atom. The van der Waals surface area contributed by atoms with Crippen molar-refractivity contribution in [1.29, 1.82) is 0 Å². The maximum Gasteiger partial charge on any atom is 0.230 e. The number of carbonyl (C=O) groups excluding carboxylic acids is 1. The number of rotatable bonds is 6. The van der Waals surface area contributed by atoms with Gasteiger partial charge >= 0.3 is 0 Å². The van der Waals surface area contributed by atoms with Crippen molar-refractivity contribution in [3.8, 4) is 0 Å². The van der Waals surface area contributed by atoms with Gasteiger partial charge in [-0.1, -0.05) is 28.1 Å². The third-order valence-corrected chi connectivity index (χ3v) is 3.78. The second-order valence-corrected chi connectivity index (χ2v) is 6.29. The summed E-state index contributed by atoms with van der Waals surface area (Å²) in [5, 5.41) is 11.8. The summed E-state index contributed by atoms with van der Waals surface area (Å²) in [5.74, 6) is 0.0102. The Kier molecular flexibility index (Phi) is 6.01. The fraction of sp³-hybridized carbons (Fsp3) is 0.533. The molecular formula is C15H22BrNO2. The Bertz CT molecular complexity index is 432. The van der Waals surface area contributed by atoms with Crippen LogP contribution in [0.25, 0.3) is 0 Å². The van der Waals surface area contributed by atoms with Gasteiger partial charge in [-0.3, -0.25) is 4.79 Å².